The van der Waals surface area contributed by atoms with Crippen molar-refractivity contribution in [3.05, 3.63) is 23.2 Å². The Hall–Kier alpha value is -1.83. The zero-order valence-corrected chi connectivity index (χ0v) is 19.2. The Labute approximate surface area is 193 Å². The first-order valence-electron chi connectivity index (χ1n) is 12.2. The molecule has 7 nitrogen and oxygen atoms in total. The van der Waals surface area contributed by atoms with Crippen LogP contribution < -0.4 is 15.5 Å². The molecule has 0 radical (unpaired) electrons. The van der Waals surface area contributed by atoms with Gasteiger partial charge in [-0.25, -0.2) is 0 Å². The van der Waals surface area contributed by atoms with E-state index in [4.69, 9.17) is 16.0 Å². The van der Waals surface area contributed by atoms with E-state index < -0.39 is 0 Å². The lowest BCUT2D eigenvalue weighted by Gasteiger charge is -2.49. The van der Waals surface area contributed by atoms with Crippen molar-refractivity contribution in [2.75, 3.05) is 44.2 Å². The molecule has 1 saturated carbocycles. The van der Waals surface area contributed by atoms with Crippen molar-refractivity contribution in [2.24, 2.45) is 17.8 Å². The van der Waals surface area contributed by atoms with Gasteiger partial charge in [-0.1, -0.05) is 11.6 Å². The molecular formula is C24H32ClN5O2. The molecule has 2 aromatic rings. The summed E-state index contributed by atoms with van der Waals surface area (Å²) >= 11 is 6.08. The van der Waals surface area contributed by atoms with Crippen molar-refractivity contribution in [1.82, 2.24) is 20.5 Å². The maximum Gasteiger partial charge on any atom is 0.298 e. The predicted molar refractivity (Wildman–Crippen MR) is 125 cm³/mol. The molecule has 5 atom stereocenters. The molecule has 1 amide bonds. The van der Waals surface area contributed by atoms with Crippen LogP contribution in [0.3, 0.4) is 0 Å². The van der Waals surface area contributed by atoms with Gasteiger partial charge in [-0.2, -0.15) is 4.98 Å². The first-order chi connectivity index (χ1) is 15.6. The van der Waals surface area contributed by atoms with Crippen LogP contribution in [0, 0.1) is 17.8 Å². The van der Waals surface area contributed by atoms with Gasteiger partial charge in [-0.05, 0) is 68.7 Å². The minimum Gasteiger partial charge on any atom is -0.423 e. The largest absolute Gasteiger partial charge is 0.423 e. The Morgan fingerprint density at radius 2 is 2.03 bits per heavy atom. The van der Waals surface area contributed by atoms with Crippen LogP contribution in [0.25, 0.3) is 11.1 Å². The normalized spacial score (nSPS) is 33.6. The molecule has 4 heterocycles. The third kappa shape index (κ3) is 3.88. The van der Waals surface area contributed by atoms with Crippen LogP contribution in [0.4, 0.5) is 6.01 Å². The fourth-order valence-corrected chi connectivity index (χ4v) is 6.67. The number of benzene rings is 1. The van der Waals surface area contributed by atoms with Gasteiger partial charge in [-0.3, -0.25) is 9.69 Å². The number of piperazine rings is 1. The second-order valence-electron chi connectivity index (χ2n) is 10.1. The first kappa shape index (κ1) is 20.8. The number of anilines is 1. The predicted octanol–water partition coefficient (Wildman–Crippen LogP) is 2.89. The van der Waals surface area contributed by atoms with E-state index in [0.29, 0.717) is 35.0 Å². The summed E-state index contributed by atoms with van der Waals surface area (Å²) in [5.41, 5.74) is 1.60. The molecule has 0 bridgehead atoms. The number of halogens is 1. The molecule has 172 valence electrons. The fourth-order valence-electron chi connectivity index (χ4n) is 6.50. The van der Waals surface area contributed by atoms with Crippen molar-refractivity contribution in [2.45, 2.75) is 44.2 Å². The highest BCUT2D eigenvalue weighted by atomic mass is 35.5. The number of amides is 1. The number of carbonyl (C=O) groups excluding carboxylic acids is 1. The lowest BCUT2D eigenvalue weighted by atomic mass is 9.67. The minimum absolute atomic E-state index is 0.192. The molecule has 3 saturated heterocycles. The van der Waals surface area contributed by atoms with Gasteiger partial charge >= 0.3 is 0 Å². The lowest BCUT2D eigenvalue weighted by Crippen LogP contribution is -2.64. The van der Waals surface area contributed by atoms with E-state index in [2.05, 4.69) is 25.4 Å². The number of nitrogens with zero attached hydrogens (tertiary/aromatic N) is 3. The highest BCUT2D eigenvalue weighted by Crippen LogP contribution is 2.39. The molecule has 32 heavy (non-hydrogen) atoms. The Kier molecular flexibility index (Phi) is 5.52. The number of aromatic nitrogens is 1. The van der Waals surface area contributed by atoms with E-state index in [1.165, 1.54) is 12.8 Å². The van der Waals surface area contributed by atoms with Gasteiger partial charge in [0.25, 0.3) is 6.01 Å². The highest BCUT2D eigenvalue weighted by Gasteiger charge is 2.47. The number of piperidine rings is 2. The number of oxazole rings is 1. The summed E-state index contributed by atoms with van der Waals surface area (Å²) in [6.07, 6.45) is 5.79. The number of nitrogens with one attached hydrogen (secondary N) is 2. The van der Waals surface area contributed by atoms with E-state index in [9.17, 15) is 4.79 Å². The van der Waals surface area contributed by atoms with Crippen LogP contribution in [-0.2, 0) is 4.79 Å². The van der Waals surface area contributed by atoms with Crippen LogP contribution in [0.1, 0.15) is 32.1 Å². The molecule has 3 aliphatic heterocycles. The maximum absolute atomic E-state index is 12.6. The zero-order chi connectivity index (χ0) is 21.7. The molecule has 4 aliphatic rings. The molecule has 1 aromatic heterocycles. The highest BCUT2D eigenvalue weighted by molar-refractivity contribution is 6.31. The third-order valence-electron chi connectivity index (χ3n) is 8.14. The minimum atomic E-state index is 0.192. The van der Waals surface area contributed by atoms with Gasteiger partial charge in [0.05, 0.1) is 5.92 Å². The fraction of sp³-hybridized carbons (Fsp3) is 0.667. The number of rotatable bonds is 3. The summed E-state index contributed by atoms with van der Waals surface area (Å²) < 4.78 is 5.95. The maximum atomic E-state index is 12.6. The van der Waals surface area contributed by atoms with E-state index in [-0.39, 0.29) is 11.8 Å². The number of carbonyl (C=O) groups is 1. The van der Waals surface area contributed by atoms with Gasteiger partial charge in [-0.15, -0.1) is 0 Å². The second kappa shape index (κ2) is 8.50. The quantitative estimate of drug-likeness (QED) is 0.738. The molecule has 4 fully saturated rings. The van der Waals surface area contributed by atoms with Crippen molar-refractivity contribution < 1.29 is 9.21 Å². The van der Waals surface area contributed by atoms with Crippen molar-refractivity contribution in [3.8, 4) is 0 Å². The van der Waals surface area contributed by atoms with Crippen molar-refractivity contribution >= 4 is 34.6 Å². The molecule has 6 rings (SSSR count). The van der Waals surface area contributed by atoms with Gasteiger partial charge < -0.3 is 20.0 Å². The Morgan fingerprint density at radius 3 is 2.91 bits per heavy atom. The van der Waals surface area contributed by atoms with Crippen LogP contribution in [0.15, 0.2) is 22.6 Å². The van der Waals surface area contributed by atoms with Gasteiger partial charge in [0.15, 0.2) is 5.58 Å². The monoisotopic (exact) mass is 457 g/mol. The van der Waals surface area contributed by atoms with Crippen LogP contribution in [0.5, 0.6) is 0 Å². The average Bonchev–Trinajstić information content (AvgIpc) is 3.23. The molecule has 2 N–H and O–H groups in total. The molecule has 0 spiro atoms. The van der Waals surface area contributed by atoms with Crippen molar-refractivity contribution in [1.29, 1.82) is 0 Å². The standard InChI is InChI=1S/C24H32ClN5O2/c25-16-4-6-21-20(13-16)28-24(32-21)30-10-8-29(9-11-30)14-15-3-5-17-19(12-15)27-23(31)18-2-1-7-26-22(17)18/h4,6,13,15,17-19,22,26H,1-3,5,7-12,14H2,(H,27,31). The van der Waals surface area contributed by atoms with E-state index in [1.807, 2.05) is 18.2 Å². The van der Waals surface area contributed by atoms with E-state index >= 15 is 0 Å². The van der Waals surface area contributed by atoms with E-state index in [1.54, 1.807) is 0 Å². The Balaban J connectivity index is 1.03. The number of hydrogen-bond donors (Lipinski definition) is 2. The second-order valence-corrected chi connectivity index (χ2v) is 10.5. The summed E-state index contributed by atoms with van der Waals surface area (Å²) in [5.74, 6) is 1.75. The molecule has 8 heteroatoms. The number of hydrogen-bond acceptors (Lipinski definition) is 6. The molecular weight excluding hydrogens is 426 g/mol. The lowest BCUT2D eigenvalue weighted by molar-refractivity contribution is -0.133. The first-order valence-corrected chi connectivity index (χ1v) is 12.6. The van der Waals surface area contributed by atoms with Gasteiger partial charge in [0.1, 0.15) is 5.52 Å². The summed E-state index contributed by atoms with van der Waals surface area (Å²) in [4.78, 5) is 22.1. The smallest absolute Gasteiger partial charge is 0.298 e. The van der Waals surface area contributed by atoms with Gasteiger partial charge in [0, 0.05) is 49.8 Å². The zero-order valence-electron chi connectivity index (χ0n) is 18.4. The molecule has 5 unspecified atom stereocenters. The topological polar surface area (TPSA) is 73.6 Å². The van der Waals surface area contributed by atoms with Crippen molar-refractivity contribution in [3.63, 3.8) is 0 Å². The molecule has 1 aromatic carbocycles. The van der Waals surface area contributed by atoms with E-state index in [0.717, 1.165) is 69.6 Å². The SMILES string of the molecule is O=C1NC2CC(CN3CCN(c4nc5cc(Cl)ccc5o4)CC3)CCC2C2NCCCC12. The van der Waals surface area contributed by atoms with Crippen LogP contribution in [0.2, 0.25) is 5.02 Å². The Bertz CT molecular complexity index is 988. The molecule has 1 aliphatic carbocycles. The van der Waals surface area contributed by atoms with Gasteiger partial charge in [0.2, 0.25) is 5.91 Å². The third-order valence-corrected chi connectivity index (χ3v) is 8.38. The number of fused-ring (bicyclic) bond motifs is 4. The van der Waals surface area contributed by atoms with Crippen LogP contribution in [-0.4, -0.2) is 67.1 Å². The average molecular weight is 458 g/mol. The summed E-state index contributed by atoms with van der Waals surface area (Å²) in [7, 11) is 0. The summed E-state index contributed by atoms with van der Waals surface area (Å²) in [6.45, 7) is 6.06. The summed E-state index contributed by atoms with van der Waals surface area (Å²) in [5, 5.41) is 7.76. The summed E-state index contributed by atoms with van der Waals surface area (Å²) in [6, 6.07) is 7.02. The Morgan fingerprint density at radius 1 is 1.16 bits per heavy atom. The van der Waals surface area contributed by atoms with Crippen LogP contribution >= 0.6 is 11.6 Å².